The Morgan fingerprint density at radius 2 is 1.64 bits per heavy atom. The number of amides is 1. The molecule has 7 heteroatoms. The molecule has 0 spiro atoms. The summed E-state index contributed by atoms with van der Waals surface area (Å²) in [7, 11) is -3.28. The molecule has 1 aromatic rings. The van der Waals surface area contributed by atoms with E-state index in [1.165, 1.54) is 0 Å². The molecule has 0 bridgehead atoms. The predicted octanol–water partition coefficient (Wildman–Crippen LogP) is 4.83. The minimum absolute atomic E-state index is 0.0936. The average molecular weight is 373 g/mol. The van der Waals surface area contributed by atoms with Crippen molar-refractivity contribution in [2.24, 2.45) is 0 Å². The first-order valence-electron chi connectivity index (χ1n) is 8.92. The van der Waals surface area contributed by atoms with Crippen LogP contribution < -0.4 is 0 Å². The number of nitrogens with zero attached hydrogens (tertiary/aromatic N) is 1. The van der Waals surface area contributed by atoms with Gasteiger partial charge in [0.1, 0.15) is 5.76 Å². The fourth-order valence-corrected chi connectivity index (χ4v) is 4.38. The second-order valence-electron chi connectivity index (χ2n) is 6.80. The summed E-state index contributed by atoms with van der Waals surface area (Å²) >= 11 is 0. The van der Waals surface area contributed by atoms with Crippen molar-refractivity contribution in [1.82, 2.24) is 4.90 Å². The minimum Gasteiger partial charge on any atom is -0.455 e. The molecular weight excluding hydrogens is 341 g/mol. The molecule has 0 aromatic carbocycles. The molecule has 25 heavy (non-hydrogen) atoms. The Hall–Kier alpha value is -1.10. The standard InChI is InChI=1S/C18H32NO5P/c1-8-19(9-2)17(20)15-12-14(16(24-15)18(5,6)7)13-25(21,22-10-3)23-11-4/h12H,8-11,13H2,1-7H3. The summed E-state index contributed by atoms with van der Waals surface area (Å²) in [6, 6.07) is 1.69. The molecule has 0 radical (unpaired) electrons. The topological polar surface area (TPSA) is 69.0 Å². The fraction of sp³-hybridized carbons (Fsp3) is 0.722. The van der Waals surface area contributed by atoms with Crippen LogP contribution in [0.4, 0.5) is 0 Å². The largest absolute Gasteiger partial charge is 0.455 e. The van der Waals surface area contributed by atoms with Crippen molar-refractivity contribution in [1.29, 1.82) is 0 Å². The molecular formula is C18H32NO5P. The lowest BCUT2D eigenvalue weighted by Crippen LogP contribution is -2.30. The molecule has 1 amide bonds. The van der Waals surface area contributed by atoms with Gasteiger partial charge in [-0.1, -0.05) is 20.8 Å². The van der Waals surface area contributed by atoms with Crippen LogP contribution in [0.25, 0.3) is 0 Å². The number of carbonyl (C=O) groups is 1. The molecule has 0 aliphatic carbocycles. The SMILES string of the molecule is CCOP(=O)(Cc1cc(C(=O)N(CC)CC)oc1C(C)(C)C)OCC. The summed E-state index contributed by atoms with van der Waals surface area (Å²) in [5, 5.41) is 0. The highest BCUT2D eigenvalue weighted by atomic mass is 31.2. The van der Waals surface area contributed by atoms with E-state index in [1.807, 2.05) is 34.6 Å². The van der Waals surface area contributed by atoms with Crippen molar-refractivity contribution in [2.75, 3.05) is 26.3 Å². The van der Waals surface area contributed by atoms with Gasteiger partial charge in [0.15, 0.2) is 5.76 Å². The van der Waals surface area contributed by atoms with Gasteiger partial charge in [-0.25, -0.2) is 0 Å². The Bertz CT molecular complexity index is 603. The Morgan fingerprint density at radius 1 is 1.12 bits per heavy atom. The maximum atomic E-state index is 12.9. The van der Waals surface area contributed by atoms with Crippen LogP contribution >= 0.6 is 7.60 Å². The van der Waals surface area contributed by atoms with Gasteiger partial charge in [0, 0.05) is 24.1 Å². The second kappa shape index (κ2) is 9.02. The Balaban J connectivity index is 3.29. The van der Waals surface area contributed by atoms with E-state index in [4.69, 9.17) is 13.5 Å². The number of carbonyl (C=O) groups excluding carboxylic acids is 1. The van der Waals surface area contributed by atoms with Crippen molar-refractivity contribution in [2.45, 2.75) is 60.0 Å². The molecule has 0 aliphatic rings. The zero-order valence-electron chi connectivity index (χ0n) is 16.5. The van der Waals surface area contributed by atoms with E-state index in [1.54, 1.807) is 24.8 Å². The summed E-state index contributed by atoms with van der Waals surface area (Å²) in [6.07, 6.45) is 0.0936. The van der Waals surface area contributed by atoms with Gasteiger partial charge >= 0.3 is 7.60 Å². The molecule has 0 unspecified atom stereocenters. The van der Waals surface area contributed by atoms with Gasteiger partial charge in [0.05, 0.1) is 19.4 Å². The molecule has 0 N–H and O–H groups in total. The van der Waals surface area contributed by atoms with Crippen molar-refractivity contribution in [3.63, 3.8) is 0 Å². The van der Waals surface area contributed by atoms with Crippen molar-refractivity contribution in [3.05, 3.63) is 23.2 Å². The lowest BCUT2D eigenvalue weighted by molar-refractivity contribution is 0.0737. The molecule has 144 valence electrons. The first kappa shape index (κ1) is 21.9. The van der Waals surface area contributed by atoms with Crippen LogP contribution in [-0.4, -0.2) is 37.1 Å². The number of furan rings is 1. The molecule has 6 nitrogen and oxygen atoms in total. The van der Waals surface area contributed by atoms with Crippen LogP contribution in [0.1, 0.15) is 70.3 Å². The third-order valence-corrected chi connectivity index (χ3v) is 5.80. The molecule has 1 rings (SSSR count). The van der Waals surface area contributed by atoms with Crippen LogP contribution in [0.15, 0.2) is 10.5 Å². The van der Waals surface area contributed by atoms with E-state index in [2.05, 4.69) is 0 Å². The molecule has 0 saturated heterocycles. The van der Waals surface area contributed by atoms with Gasteiger partial charge < -0.3 is 18.4 Å². The first-order chi connectivity index (χ1) is 11.6. The van der Waals surface area contributed by atoms with E-state index < -0.39 is 7.60 Å². The smallest absolute Gasteiger partial charge is 0.335 e. The third-order valence-electron chi connectivity index (χ3n) is 3.77. The second-order valence-corrected chi connectivity index (χ2v) is 8.85. The van der Waals surface area contributed by atoms with Gasteiger partial charge in [-0.2, -0.15) is 0 Å². The van der Waals surface area contributed by atoms with Gasteiger partial charge in [-0.05, 0) is 33.8 Å². The lowest BCUT2D eigenvalue weighted by Gasteiger charge is -2.20. The fourth-order valence-electron chi connectivity index (χ4n) is 2.68. The van der Waals surface area contributed by atoms with Gasteiger partial charge in [-0.3, -0.25) is 9.36 Å². The quantitative estimate of drug-likeness (QED) is 0.580. The Labute approximate surface area is 151 Å². The summed E-state index contributed by atoms with van der Waals surface area (Å²) in [6.45, 7) is 15.2. The highest BCUT2D eigenvalue weighted by molar-refractivity contribution is 7.53. The molecule has 0 atom stereocenters. The van der Waals surface area contributed by atoms with E-state index >= 15 is 0 Å². The van der Waals surface area contributed by atoms with Crippen LogP contribution in [0, 0.1) is 0 Å². The molecule has 1 heterocycles. The van der Waals surface area contributed by atoms with E-state index in [0.717, 1.165) is 0 Å². The zero-order chi connectivity index (χ0) is 19.3. The van der Waals surface area contributed by atoms with Gasteiger partial charge in [0.25, 0.3) is 5.91 Å². The molecule has 0 fully saturated rings. The highest BCUT2D eigenvalue weighted by Crippen LogP contribution is 2.52. The summed E-state index contributed by atoms with van der Waals surface area (Å²) < 4.78 is 29.6. The van der Waals surface area contributed by atoms with Crippen LogP contribution in [0.2, 0.25) is 0 Å². The molecule has 0 saturated carbocycles. The monoisotopic (exact) mass is 373 g/mol. The van der Waals surface area contributed by atoms with Crippen molar-refractivity contribution in [3.8, 4) is 0 Å². The summed E-state index contributed by atoms with van der Waals surface area (Å²) in [5.74, 6) is 0.746. The van der Waals surface area contributed by atoms with Crippen LogP contribution in [-0.2, 0) is 25.2 Å². The molecule has 0 aliphatic heterocycles. The van der Waals surface area contributed by atoms with E-state index in [9.17, 15) is 9.36 Å². The predicted molar refractivity (Wildman–Crippen MR) is 99.2 cm³/mol. The normalized spacial score (nSPS) is 12.4. The number of rotatable bonds is 9. The zero-order valence-corrected chi connectivity index (χ0v) is 17.4. The third kappa shape index (κ3) is 5.70. The van der Waals surface area contributed by atoms with Gasteiger partial charge in [-0.15, -0.1) is 0 Å². The number of hydrogen-bond acceptors (Lipinski definition) is 5. The Kier molecular flexibility index (Phi) is 7.91. The van der Waals surface area contributed by atoms with E-state index in [0.29, 0.717) is 37.6 Å². The van der Waals surface area contributed by atoms with Crippen molar-refractivity contribution < 1.29 is 22.8 Å². The summed E-state index contributed by atoms with van der Waals surface area (Å²) in [5.41, 5.74) is 0.369. The minimum atomic E-state index is -3.28. The maximum Gasteiger partial charge on any atom is 0.335 e. The lowest BCUT2D eigenvalue weighted by atomic mass is 9.91. The highest BCUT2D eigenvalue weighted by Gasteiger charge is 2.33. The number of hydrogen-bond donors (Lipinski definition) is 0. The summed E-state index contributed by atoms with van der Waals surface area (Å²) in [4.78, 5) is 14.3. The first-order valence-corrected chi connectivity index (χ1v) is 10.6. The van der Waals surface area contributed by atoms with Crippen LogP contribution in [0.3, 0.4) is 0 Å². The van der Waals surface area contributed by atoms with E-state index in [-0.39, 0.29) is 23.2 Å². The Morgan fingerprint density at radius 3 is 2.04 bits per heavy atom. The van der Waals surface area contributed by atoms with Crippen LogP contribution in [0.5, 0.6) is 0 Å². The molecule has 1 aromatic heterocycles. The van der Waals surface area contributed by atoms with Crippen molar-refractivity contribution >= 4 is 13.5 Å². The maximum absolute atomic E-state index is 12.9. The van der Waals surface area contributed by atoms with Gasteiger partial charge in [0.2, 0.25) is 0 Å². The average Bonchev–Trinajstić information content (AvgIpc) is 2.92.